The Bertz CT molecular complexity index is 490. The molecule has 1 aliphatic carbocycles. The number of aliphatic carboxylic acids is 2. The molecule has 2 rings (SSSR count). The predicted molar refractivity (Wildman–Crippen MR) is 71.9 cm³/mol. The molecule has 5 nitrogen and oxygen atoms in total. The molecule has 112 valence electrons. The van der Waals surface area contributed by atoms with Gasteiger partial charge >= 0.3 is 0 Å². The fraction of sp³-hybridized carbons (Fsp3) is 0.714. The quantitative estimate of drug-likeness (QED) is 0.767. The Hall–Kier alpha value is -1.01. The Kier molecular flexibility index (Phi) is 3.90. The molecule has 2 aliphatic rings. The van der Waals surface area contributed by atoms with Crippen molar-refractivity contribution >= 4 is 23.7 Å². The highest BCUT2D eigenvalue weighted by atomic mass is 32.2. The minimum Gasteiger partial charge on any atom is -0.549 e. The van der Waals surface area contributed by atoms with Gasteiger partial charge < -0.3 is 25.5 Å². The van der Waals surface area contributed by atoms with E-state index in [0.29, 0.717) is 31.3 Å². The lowest BCUT2D eigenvalue weighted by molar-refractivity contribution is -0.322. The molecule has 0 radical (unpaired) electrons. The van der Waals surface area contributed by atoms with Gasteiger partial charge in [0.25, 0.3) is 0 Å². The first-order chi connectivity index (χ1) is 9.36. The van der Waals surface area contributed by atoms with E-state index in [4.69, 9.17) is 5.73 Å². The highest BCUT2D eigenvalue weighted by molar-refractivity contribution is 8.04. The van der Waals surface area contributed by atoms with Crippen LogP contribution in [-0.4, -0.2) is 17.3 Å². The molecule has 0 aromatic carbocycles. The van der Waals surface area contributed by atoms with Gasteiger partial charge in [0.2, 0.25) is 0 Å². The molecule has 3 atom stereocenters. The van der Waals surface area contributed by atoms with Crippen LogP contribution >= 0.6 is 11.8 Å². The molecule has 1 aliphatic heterocycles. The van der Waals surface area contributed by atoms with E-state index in [-0.39, 0.29) is 6.42 Å². The lowest BCUT2D eigenvalue weighted by Crippen LogP contribution is -2.57. The summed E-state index contributed by atoms with van der Waals surface area (Å²) in [5.41, 5.74) is 3.90. The average molecular weight is 297 g/mol. The van der Waals surface area contributed by atoms with Crippen molar-refractivity contribution in [1.82, 2.24) is 0 Å². The monoisotopic (exact) mass is 297 g/mol. The summed E-state index contributed by atoms with van der Waals surface area (Å²) in [5, 5.41) is 22.9. The van der Waals surface area contributed by atoms with Gasteiger partial charge in [-0.2, -0.15) is 0 Å². The fourth-order valence-electron chi connectivity index (χ4n) is 3.70. The maximum absolute atomic E-state index is 11.8. The van der Waals surface area contributed by atoms with Gasteiger partial charge in [0.15, 0.2) is 0 Å². The summed E-state index contributed by atoms with van der Waals surface area (Å²) in [6.07, 6.45) is 2.37. The first-order valence-corrected chi connectivity index (χ1v) is 7.84. The topological polar surface area (TPSA) is 106 Å². The highest BCUT2D eigenvalue weighted by Gasteiger charge is 2.56. The van der Waals surface area contributed by atoms with E-state index in [0.717, 1.165) is 4.91 Å². The summed E-state index contributed by atoms with van der Waals surface area (Å²) in [7, 11) is 0. The van der Waals surface area contributed by atoms with E-state index in [1.165, 1.54) is 11.8 Å². The summed E-state index contributed by atoms with van der Waals surface area (Å²) in [6, 6.07) is 0. The van der Waals surface area contributed by atoms with Crippen LogP contribution in [0.25, 0.3) is 0 Å². The molecule has 0 saturated heterocycles. The minimum absolute atomic E-state index is 0.233. The number of allylic oxidation sites excluding steroid dienone is 1. The van der Waals surface area contributed by atoms with Gasteiger partial charge in [-0.3, -0.25) is 0 Å². The lowest BCUT2D eigenvalue weighted by atomic mass is 9.59. The number of thioether (sulfide) groups is 1. The van der Waals surface area contributed by atoms with Crippen LogP contribution in [0.15, 0.2) is 10.5 Å². The molecule has 0 amide bonds. The van der Waals surface area contributed by atoms with E-state index < -0.39 is 28.1 Å². The van der Waals surface area contributed by atoms with Crippen molar-refractivity contribution in [3.63, 3.8) is 0 Å². The maximum Gasteiger partial charge on any atom is 0.0699 e. The Balaban J connectivity index is 2.70. The normalized spacial score (nSPS) is 36.9. The van der Waals surface area contributed by atoms with E-state index in [1.54, 1.807) is 13.8 Å². The van der Waals surface area contributed by atoms with Crippen molar-refractivity contribution in [2.45, 2.75) is 51.3 Å². The molecule has 2 N–H and O–H groups in total. The van der Waals surface area contributed by atoms with Crippen LogP contribution in [-0.2, 0) is 9.59 Å². The lowest BCUT2D eigenvalue weighted by Gasteiger charge is -2.47. The van der Waals surface area contributed by atoms with Gasteiger partial charge in [-0.15, -0.1) is 11.8 Å². The zero-order chi connectivity index (χ0) is 15.1. The second kappa shape index (κ2) is 5.07. The average Bonchev–Trinajstić information content (AvgIpc) is 2.70. The third-order valence-corrected chi connectivity index (χ3v) is 6.23. The molecular formula is C14H19NO4S-2. The summed E-state index contributed by atoms with van der Waals surface area (Å²) in [4.78, 5) is 24.4. The Morgan fingerprint density at radius 1 is 1.30 bits per heavy atom. The number of nitrogens with two attached hydrogens (primary N) is 1. The first kappa shape index (κ1) is 15.4. The number of hydrogen-bond donors (Lipinski definition) is 1. The molecule has 1 heterocycles. The standard InChI is InChI=1S/C14H21NO4S/c1-3-13(11(16)17)7-5-6-8-9(13)14(4-2,12(18)19)10(15)20-8/h10H,3-7,15H2,1-2H3,(H,16,17)(H,18,19)/p-2. The van der Waals surface area contributed by atoms with Gasteiger partial charge in [-0.25, -0.2) is 0 Å². The second-order valence-electron chi connectivity index (χ2n) is 5.53. The van der Waals surface area contributed by atoms with Crippen molar-refractivity contribution in [1.29, 1.82) is 0 Å². The molecule has 3 unspecified atom stereocenters. The van der Waals surface area contributed by atoms with Crippen molar-refractivity contribution in [2.24, 2.45) is 16.6 Å². The zero-order valence-corrected chi connectivity index (χ0v) is 12.5. The van der Waals surface area contributed by atoms with Gasteiger partial charge in [0, 0.05) is 5.41 Å². The molecule has 20 heavy (non-hydrogen) atoms. The molecule has 0 aromatic heterocycles. The fourth-order valence-corrected chi connectivity index (χ4v) is 5.35. The third kappa shape index (κ3) is 1.74. The number of hydrogen-bond acceptors (Lipinski definition) is 6. The number of carbonyl (C=O) groups excluding carboxylic acids is 2. The molecular weight excluding hydrogens is 278 g/mol. The smallest absolute Gasteiger partial charge is 0.0699 e. The molecule has 0 fully saturated rings. The maximum atomic E-state index is 11.8. The zero-order valence-electron chi connectivity index (χ0n) is 11.7. The minimum atomic E-state index is -1.39. The summed E-state index contributed by atoms with van der Waals surface area (Å²) in [6.45, 7) is 3.48. The van der Waals surface area contributed by atoms with Crippen LogP contribution in [0.5, 0.6) is 0 Å². The van der Waals surface area contributed by atoms with Crippen molar-refractivity contribution in [3.8, 4) is 0 Å². The van der Waals surface area contributed by atoms with E-state index >= 15 is 0 Å². The summed E-state index contributed by atoms with van der Waals surface area (Å²) >= 11 is 1.29. The number of rotatable bonds is 4. The molecule has 0 spiro atoms. The number of carbonyl (C=O) groups is 2. The van der Waals surface area contributed by atoms with Crippen molar-refractivity contribution in [2.75, 3.05) is 0 Å². The van der Waals surface area contributed by atoms with Crippen LogP contribution in [0, 0.1) is 10.8 Å². The highest BCUT2D eigenvalue weighted by Crippen LogP contribution is 2.62. The largest absolute Gasteiger partial charge is 0.549 e. The summed E-state index contributed by atoms with van der Waals surface area (Å²) < 4.78 is 0. The Morgan fingerprint density at radius 2 is 1.95 bits per heavy atom. The van der Waals surface area contributed by atoms with Crippen LogP contribution < -0.4 is 15.9 Å². The third-order valence-electron chi connectivity index (χ3n) is 4.88. The van der Waals surface area contributed by atoms with Gasteiger partial charge in [0.1, 0.15) is 0 Å². The Labute approximate surface area is 122 Å². The first-order valence-electron chi connectivity index (χ1n) is 6.96. The Morgan fingerprint density at radius 3 is 2.40 bits per heavy atom. The molecule has 0 aromatic rings. The van der Waals surface area contributed by atoms with Crippen LogP contribution in [0.1, 0.15) is 46.0 Å². The van der Waals surface area contributed by atoms with E-state index in [2.05, 4.69) is 0 Å². The van der Waals surface area contributed by atoms with Crippen LogP contribution in [0.4, 0.5) is 0 Å². The van der Waals surface area contributed by atoms with Crippen molar-refractivity contribution < 1.29 is 19.8 Å². The number of carboxylic acids is 2. The van der Waals surface area contributed by atoms with E-state index in [1.807, 2.05) is 0 Å². The molecule has 0 saturated carbocycles. The second-order valence-corrected chi connectivity index (χ2v) is 6.76. The SMILES string of the molecule is CCC1(C(=O)[O-])CCCC2=C1C(CC)(C(=O)[O-])C(N)S2. The number of carboxylic acid groups (broad SMARTS) is 2. The van der Waals surface area contributed by atoms with E-state index in [9.17, 15) is 19.8 Å². The van der Waals surface area contributed by atoms with Crippen molar-refractivity contribution in [3.05, 3.63) is 10.5 Å². The van der Waals surface area contributed by atoms with Crippen LogP contribution in [0.3, 0.4) is 0 Å². The van der Waals surface area contributed by atoms with Gasteiger partial charge in [0.05, 0.1) is 22.7 Å². The van der Waals surface area contributed by atoms with Crippen LogP contribution in [0.2, 0.25) is 0 Å². The van der Waals surface area contributed by atoms with Gasteiger partial charge in [-0.1, -0.05) is 13.8 Å². The van der Waals surface area contributed by atoms with Gasteiger partial charge in [-0.05, 0) is 42.6 Å². The predicted octanol–water partition coefficient (Wildman–Crippen LogP) is -0.251. The molecule has 6 heteroatoms. The summed E-state index contributed by atoms with van der Waals surface area (Å²) in [5.74, 6) is -2.47. The molecule has 0 bridgehead atoms.